The van der Waals surface area contributed by atoms with Gasteiger partial charge in [-0.05, 0) is 48.9 Å². The van der Waals surface area contributed by atoms with Crippen LogP contribution in [-0.2, 0) is 41.5 Å². The molecule has 5 rings (SSSR count). The molecule has 2 heterocycles. The van der Waals surface area contributed by atoms with E-state index in [1.807, 2.05) is 42.5 Å². The minimum Gasteiger partial charge on any atom is -0.461 e. The van der Waals surface area contributed by atoms with Crippen molar-refractivity contribution in [1.29, 1.82) is 0 Å². The van der Waals surface area contributed by atoms with E-state index in [2.05, 4.69) is 20.6 Å². The molecule has 3 aromatic rings. The maximum absolute atomic E-state index is 14.3. The monoisotopic (exact) mass is 689 g/mol. The highest BCUT2D eigenvalue weighted by molar-refractivity contribution is 5.92. The van der Waals surface area contributed by atoms with Gasteiger partial charge in [-0.25, -0.2) is 9.78 Å². The van der Waals surface area contributed by atoms with Crippen molar-refractivity contribution in [2.45, 2.75) is 95.9 Å². The van der Waals surface area contributed by atoms with Crippen LogP contribution in [0.2, 0.25) is 0 Å². The number of carbonyl (C=O) groups excluding carboxylic acids is 4. The van der Waals surface area contributed by atoms with E-state index in [0.29, 0.717) is 38.4 Å². The lowest BCUT2D eigenvalue weighted by atomic mass is 9.83. The van der Waals surface area contributed by atoms with Gasteiger partial charge in [-0.2, -0.15) is 0 Å². The van der Waals surface area contributed by atoms with Crippen molar-refractivity contribution < 1.29 is 33.8 Å². The second-order valence-electron chi connectivity index (χ2n) is 13.9. The topological polar surface area (TPSA) is 163 Å². The standard InChI is InChI=1S/C38H51N5O7/c1-25(2)50-38(48)35(45)32(19-26-9-4-3-5-10-26)41-37(47)33(22-30-23-39-24-40-30)42-36(46)29(21-34(44)43-15-17-49-18-16-43)20-28-13-8-12-27-11-6-7-14-31(27)28/h6-8,11-14,23-26,29,32-33,35,45H,3-5,9-10,15-22H2,1-2H3,(H,39,40)(H,41,47)(H,42,46)/t29-,32-,33+,35-/m1/s1. The van der Waals surface area contributed by atoms with Crippen molar-refractivity contribution in [2.75, 3.05) is 26.3 Å². The number of hydrogen-bond donors (Lipinski definition) is 4. The number of nitrogens with one attached hydrogen (secondary N) is 3. The number of benzene rings is 2. The third kappa shape index (κ3) is 10.4. The van der Waals surface area contributed by atoms with Crippen LogP contribution in [0, 0.1) is 11.8 Å². The Morgan fingerprint density at radius 2 is 1.72 bits per heavy atom. The first-order chi connectivity index (χ1) is 24.2. The molecule has 0 radical (unpaired) electrons. The Morgan fingerprint density at radius 1 is 0.980 bits per heavy atom. The molecule has 4 atom stereocenters. The van der Waals surface area contributed by atoms with E-state index >= 15 is 0 Å². The van der Waals surface area contributed by atoms with Gasteiger partial charge in [0.1, 0.15) is 6.04 Å². The zero-order chi connectivity index (χ0) is 35.5. The number of carbonyl (C=O) groups is 4. The number of rotatable bonds is 15. The molecule has 1 saturated carbocycles. The Kier molecular flexibility index (Phi) is 13.4. The third-order valence-corrected chi connectivity index (χ3v) is 9.73. The number of imidazole rings is 1. The van der Waals surface area contributed by atoms with Crippen molar-refractivity contribution in [3.8, 4) is 0 Å². The summed E-state index contributed by atoms with van der Waals surface area (Å²) in [6, 6.07) is 11.8. The summed E-state index contributed by atoms with van der Waals surface area (Å²) in [5.74, 6) is -2.49. The SMILES string of the molecule is CC(C)OC(=O)[C@H](O)[C@@H](CC1CCCCC1)NC(=O)[C@H](Cc1cnc[nH]1)NC(=O)[C@@H](CC(=O)N1CCOCC1)Cc1cccc2ccccc12. The van der Waals surface area contributed by atoms with Gasteiger partial charge in [-0.15, -0.1) is 0 Å². The maximum Gasteiger partial charge on any atom is 0.337 e. The molecule has 1 aromatic heterocycles. The molecule has 12 heteroatoms. The summed E-state index contributed by atoms with van der Waals surface area (Å²) in [4.78, 5) is 63.6. The summed E-state index contributed by atoms with van der Waals surface area (Å²) in [6.45, 7) is 5.20. The molecule has 2 aromatic carbocycles. The molecule has 1 aliphatic heterocycles. The number of H-pyrrole nitrogens is 1. The summed E-state index contributed by atoms with van der Waals surface area (Å²) in [5, 5.41) is 19.0. The van der Waals surface area contributed by atoms with Crippen LogP contribution in [0.1, 0.15) is 70.1 Å². The van der Waals surface area contributed by atoms with Gasteiger partial charge in [0, 0.05) is 37.8 Å². The van der Waals surface area contributed by atoms with Gasteiger partial charge in [-0.3, -0.25) is 14.4 Å². The zero-order valence-corrected chi connectivity index (χ0v) is 29.1. The average Bonchev–Trinajstić information content (AvgIpc) is 3.64. The molecule has 270 valence electrons. The lowest BCUT2D eigenvalue weighted by molar-refractivity contribution is -0.159. The van der Waals surface area contributed by atoms with Crippen LogP contribution in [0.3, 0.4) is 0 Å². The molecule has 12 nitrogen and oxygen atoms in total. The number of fused-ring (bicyclic) bond motifs is 1. The maximum atomic E-state index is 14.3. The van der Waals surface area contributed by atoms with Crippen molar-refractivity contribution in [1.82, 2.24) is 25.5 Å². The Bertz CT molecular complexity index is 1560. The van der Waals surface area contributed by atoms with Crippen LogP contribution in [0.15, 0.2) is 55.0 Å². The van der Waals surface area contributed by atoms with Crippen LogP contribution in [-0.4, -0.2) is 94.3 Å². The predicted octanol–water partition coefficient (Wildman–Crippen LogP) is 3.47. The highest BCUT2D eigenvalue weighted by Gasteiger charge is 2.35. The average molecular weight is 690 g/mol. The Labute approximate surface area is 293 Å². The van der Waals surface area contributed by atoms with E-state index in [9.17, 15) is 24.3 Å². The van der Waals surface area contributed by atoms with E-state index in [4.69, 9.17) is 9.47 Å². The Hall–Kier alpha value is -4.29. The molecule has 1 aliphatic carbocycles. The summed E-state index contributed by atoms with van der Waals surface area (Å²) in [6.07, 6.45) is 6.92. The number of aromatic nitrogens is 2. The summed E-state index contributed by atoms with van der Waals surface area (Å²) < 4.78 is 10.7. The molecular weight excluding hydrogens is 638 g/mol. The number of aromatic amines is 1. The van der Waals surface area contributed by atoms with Crippen molar-refractivity contribution >= 4 is 34.5 Å². The fourth-order valence-electron chi connectivity index (χ4n) is 7.06. The number of nitrogens with zero attached hydrogens (tertiary/aromatic N) is 2. The van der Waals surface area contributed by atoms with Gasteiger partial charge >= 0.3 is 5.97 Å². The number of esters is 1. The number of aliphatic hydroxyl groups is 1. The van der Waals surface area contributed by atoms with Crippen LogP contribution < -0.4 is 10.6 Å². The molecule has 0 bridgehead atoms. The van der Waals surface area contributed by atoms with Gasteiger partial charge in [0.15, 0.2) is 6.10 Å². The zero-order valence-electron chi connectivity index (χ0n) is 29.1. The first kappa shape index (κ1) is 37.0. The molecule has 4 N–H and O–H groups in total. The van der Waals surface area contributed by atoms with E-state index < -0.39 is 48.0 Å². The normalized spacial score (nSPS) is 17.9. The van der Waals surface area contributed by atoms with Crippen molar-refractivity contribution in [2.24, 2.45) is 11.8 Å². The first-order valence-electron chi connectivity index (χ1n) is 18.0. The third-order valence-electron chi connectivity index (χ3n) is 9.73. The van der Waals surface area contributed by atoms with Gasteiger partial charge in [0.2, 0.25) is 17.7 Å². The van der Waals surface area contributed by atoms with E-state index in [-0.39, 0.29) is 31.1 Å². The van der Waals surface area contributed by atoms with Gasteiger partial charge in [0.25, 0.3) is 0 Å². The largest absolute Gasteiger partial charge is 0.461 e. The van der Waals surface area contributed by atoms with Gasteiger partial charge in [0.05, 0.1) is 37.6 Å². The first-order valence-corrected chi connectivity index (χ1v) is 18.0. The Morgan fingerprint density at radius 3 is 2.44 bits per heavy atom. The van der Waals surface area contributed by atoms with Crippen molar-refractivity contribution in [3.05, 3.63) is 66.2 Å². The predicted molar refractivity (Wildman–Crippen MR) is 188 cm³/mol. The highest BCUT2D eigenvalue weighted by Crippen LogP contribution is 2.29. The Balaban J connectivity index is 1.39. The molecule has 0 spiro atoms. The second-order valence-corrected chi connectivity index (χ2v) is 13.9. The molecule has 2 aliphatic rings. The lowest BCUT2D eigenvalue weighted by Crippen LogP contribution is -2.56. The molecule has 3 amide bonds. The van der Waals surface area contributed by atoms with Crippen LogP contribution >= 0.6 is 0 Å². The molecule has 0 unspecified atom stereocenters. The minimum absolute atomic E-state index is 0.0441. The van der Waals surface area contributed by atoms with Crippen LogP contribution in [0.25, 0.3) is 10.8 Å². The minimum atomic E-state index is -1.57. The summed E-state index contributed by atoms with van der Waals surface area (Å²) >= 11 is 0. The van der Waals surface area contributed by atoms with E-state index in [1.165, 1.54) is 6.33 Å². The van der Waals surface area contributed by atoms with E-state index in [1.54, 1.807) is 24.9 Å². The highest BCUT2D eigenvalue weighted by atomic mass is 16.6. The number of ether oxygens (including phenoxy) is 2. The fourth-order valence-corrected chi connectivity index (χ4v) is 7.06. The lowest BCUT2D eigenvalue weighted by Gasteiger charge is -2.31. The van der Waals surface area contributed by atoms with Gasteiger partial charge in [-0.1, -0.05) is 74.6 Å². The molecule has 1 saturated heterocycles. The quantitative estimate of drug-likeness (QED) is 0.176. The fraction of sp³-hybridized carbons (Fsp3) is 0.553. The molecule has 50 heavy (non-hydrogen) atoms. The van der Waals surface area contributed by atoms with Crippen molar-refractivity contribution in [3.63, 3.8) is 0 Å². The van der Waals surface area contributed by atoms with E-state index in [0.717, 1.165) is 48.4 Å². The second kappa shape index (κ2) is 18.1. The number of hydrogen-bond acceptors (Lipinski definition) is 8. The van der Waals surface area contributed by atoms with Crippen LogP contribution in [0.5, 0.6) is 0 Å². The number of aliphatic hydroxyl groups excluding tert-OH is 1. The number of amides is 3. The smallest absolute Gasteiger partial charge is 0.337 e. The van der Waals surface area contributed by atoms with Gasteiger partial charge < -0.3 is 35.1 Å². The number of morpholine rings is 1. The molecular formula is C38H51N5O7. The summed E-state index contributed by atoms with van der Waals surface area (Å²) in [7, 11) is 0. The van der Waals surface area contributed by atoms with Crippen LogP contribution in [0.4, 0.5) is 0 Å². The molecule has 2 fully saturated rings. The summed E-state index contributed by atoms with van der Waals surface area (Å²) in [5.41, 5.74) is 1.54.